The first-order chi connectivity index (χ1) is 8.35. The molecule has 1 aromatic rings. The van der Waals surface area contributed by atoms with Crippen molar-refractivity contribution in [1.29, 1.82) is 0 Å². The molecule has 1 aromatic heterocycles. The second kappa shape index (κ2) is 6.44. The van der Waals surface area contributed by atoms with E-state index < -0.39 is 19.3 Å². The van der Waals surface area contributed by atoms with Gasteiger partial charge in [-0.2, -0.15) is 13.2 Å². The van der Waals surface area contributed by atoms with E-state index in [2.05, 4.69) is 9.97 Å². The van der Waals surface area contributed by atoms with Crippen molar-refractivity contribution < 1.29 is 18.3 Å². The van der Waals surface area contributed by atoms with Gasteiger partial charge in [-0.25, -0.2) is 9.97 Å². The van der Waals surface area contributed by atoms with E-state index in [1.165, 1.54) is 17.8 Å². The van der Waals surface area contributed by atoms with Gasteiger partial charge in [0.2, 0.25) is 0 Å². The van der Waals surface area contributed by atoms with E-state index in [9.17, 15) is 13.2 Å². The van der Waals surface area contributed by atoms with E-state index >= 15 is 0 Å². The molecule has 1 heterocycles. The van der Waals surface area contributed by atoms with E-state index in [0.717, 1.165) is 4.90 Å². The lowest BCUT2D eigenvalue weighted by Crippen LogP contribution is -2.36. The number of aliphatic hydroxyl groups excluding tert-OH is 1. The molecule has 0 aliphatic heterocycles. The maximum absolute atomic E-state index is 12.4. The van der Waals surface area contributed by atoms with E-state index in [-0.39, 0.29) is 22.7 Å². The first-order valence-electron chi connectivity index (χ1n) is 4.87. The van der Waals surface area contributed by atoms with Crippen molar-refractivity contribution in [2.24, 2.45) is 0 Å². The summed E-state index contributed by atoms with van der Waals surface area (Å²) >= 11 is 6.88. The molecule has 0 radical (unpaired) electrons. The Morgan fingerprint density at radius 2 is 2.11 bits per heavy atom. The monoisotopic (exact) mass is 301 g/mol. The fraction of sp³-hybridized carbons (Fsp3) is 0.556. The standard InChI is InChI=1S/C9H11ClF3N3OS/c1-18-8-14-6(10)4-7(15-8)16(2-3-17)5-9(11,12)13/h4,17H,2-3,5H2,1H3. The summed E-state index contributed by atoms with van der Waals surface area (Å²) in [6.45, 7) is -1.79. The number of hydrogen-bond acceptors (Lipinski definition) is 5. The topological polar surface area (TPSA) is 49.2 Å². The summed E-state index contributed by atoms with van der Waals surface area (Å²) in [6, 6.07) is 1.24. The van der Waals surface area contributed by atoms with Crippen LogP contribution in [0.2, 0.25) is 5.15 Å². The molecular weight excluding hydrogens is 291 g/mol. The average Bonchev–Trinajstić information content (AvgIpc) is 2.26. The third-order valence-corrected chi connectivity index (χ3v) is 2.65. The van der Waals surface area contributed by atoms with Gasteiger partial charge in [-0.15, -0.1) is 0 Å². The number of aliphatic hydroxyl groups is 1. The van der Waals surface area contributed by atoms with Gasteiger partial charge in [-0.3, -0.25) is 0 Å². The molecule has 1 N–H and O–H groups in total. The molecule has 0 aromatic carbocycles. The third kappa shape index (κ3) is 4.87. The lowest BCUT2D eigenvalue weighted by atomic mass is 10.4. The minimum atomic E-state index is -4.38. The highest BCUT2D eigenvalue weighted by Crippen LogP contribution is 2.24. The van der Waals surface area contributed by atoms with Crippen LogP contribution in [0.5, 0.6) is 0 Å². The zero-order valence-corrected chi connectivity index (χ0v) is 11.0. The molecule has 0 saturated heterocycles. The molecule has 0 unspecified atom stereocenters. The smallest absolute Gasteiger partial charge is 0.395 e. The Morgan fingerprint density at radius 1 is 1.44 bits per heavy atom. The summed E-state index contributed by atoms with van der Waals surface area (Å²) in [5.74, 6) is 0.0470. The van der Waals surface area contributed by atoms with E-state index in [4.69, 9.17) is 16.7 Å². The van der Waals surface area contributed by atoms with Gasteiger partial charge in [0.05, 0.1) is 6.61 Å². The molecule has 0 saturated carbocycles. The first-order valence-corrected chi connectivity index (χ1v) is 6.47. The van der Waals surface area contributed by atoms with Crippen molar-refractivity contribution in [3.05, 3.63) is 11.2 Å². The minimum absolute atomic E-state index is 0.0470. The van der Waals surface area contributed by atoms with E-state index in [1.807, 2.05) is 0 Å². The predicted octanol–water partition coefficient (Wildman–Crippen LogP) is 2.21. The van der Waals surface area contributed by atoms with Crippen molar-refractivity contribution >= 4 is 29.2 Å². The van der Waals surface area contributed by atoms with Crippen molar-refractivity contribution in [2.75, 3.05) is 30.9 Å². The Labute approximate surface area is 111 Å². The molecule has 1 rings (SSSR count). The van der Waals surface area contributed by atoms with Crippen LogP contribution in [0.15, 0.2) is 11.2 Å². The minimum Gasteiger partial charge on any atom is -0.395 e. The molecule has 0 spiro atoms. The molecule has 0 fully saturated rings. The van der Waals surface area contributed by atoms with Crippen LogP contribution in [-0.2, 0) is 0 Å². The summed E-state index contributed by atoms with van der Waals surface area (Å²) < 4.78 is 37.2. The number of thioether (sulfide) groups is 1. The van der Waals surface area contributed by atoms with Gasteiger partial charge in [0.25, 0.3) is 0 Å². The van der Waals surface area contributed by atoms with E-state index in [1.54, 1.807) is 6.26 Å². The third-order valence-electron chi connectivity index (χ3n) is 1.91. The largest absolute Gasteiger partial charge is 0.405 e. The van der Waals surface area contributed by atoms with Crippen LogP contribution in [0.4, 0.5) is 19.0 Å². The zero-order chi connectivity index (χ0) is 13.8. The Kier molecular flexibility index (Phi) is 5.48. The van der Waals surface area contributed by atoms with Crippen LogP contribution < -0.4 is 4.90 Å². The number of aromatic nitrogens is 2. The molecule has 102 valence electrons. The second-order valence-electron chi connectivity index (χ2n) is 3.30. The van der Waals surface area contributed by atoms with Crippen molar-refractivity contribution in [2.45, 2.75) is 11.3 Å². The Balaban J connectivity index is 3.01. The fourth-order valence-electron chi connectivity index (χ4n) is 1.25. The second-order valence-corrected chi connectivity index (χ2v) is 4.46. The van der Waals surface area contributed by atoms with E-state index in [0.29, 0.717) is 0 Å². The zero-order valence-electron chi connectivity index (χ0n) is 9.41. The van der Waals surface area contributed by atoms with Crippen LogP contribution in [0, 0.1) is 0 Å². The molecule has 0 atom stereocenters. The van der Waals surface area contributed by atoms with Crippen LogP contribution in [0.25, 0.3) is 0 Å². The van der Waals surface area contributed by atoms with Gasteiger partial charge >= 0.3 is 6.18 Å². The van der Waals surface area contributed by atoms with Gasteiger partial charge in [0, 0.05) is 12.6 Å². The number of hydrogen-bond donors (Lipinski definition) is 1. The lowest BCUT2D eigenvalue weighted by molar-refractivity contribution is -0.120. The van der Waals surface area contributed by atoms with Crippen LogP contribution >= 0.6 is 23.4 Å². The van der Waals surface area contributed by atoms with Gasteiger partial charge < -0.3 is 10.0 Å². The molecule has 0 bridgehead atoms. The maximum atomic E-state index is 12.4. The summed E-state index contributed by atoms with van der Waals surface area (Å²) in [5.41, 5.74) is 0. The molecular formula is C9H11ClF3N3OS. The summed E-state index contributed by atoms with van der Waals surface area (Å²) in [5, 5.41) is 9.14. The number of anilines is 1. The summed E-state index contributed by atoms with van der Waals surface area (Å²) in [6.07, 6.45) is -2.69. The number of rotatable bonds is 5. The van der Waals surface area contributed by atoms with Gasteiger partial charge in [-0.05, 0) is 6.26 Å². The highest BCUT2D eigenvalue weighted by atomic mass is 35.5. The molecule has 18 heavy (non-hydrogen) atoms. The Hall–Kier alpha value is -0.730. The highest BCUT2D eigenvalue weighted by Gasteiger charge is 2.31. The number of alkyl halides is 3. The molecule has 0 aliphatic rings. The van der Waals surface area contributed by atoms with Crippen molar-refractivity contribution in [3.63, 3.8) is 0 Å². The van der Waals surface area contributed by atoms with Crippen LogP contribution in [-0.4, -0.2) is 47.2 Å². The molecule has 9 heteroatoms. The summed E-state index contributed by atoms with van der Waals surface area (Å²) in [7, 11) is 0. The number of halogens is 4. The molecule has 0 aliphatic carbocycles. The van der Waals surface area contributed by atoms with Gasteiger partial charge in [-0.1, -0.05) is 23.4 Å². The molecule has 0 amide bonds. The highest BCUT2D eigenvalue weighted by molar-refractivity contribution is 7.98. The maximum Gasteiger partial charge on any atom is 0.405 e. The lowest BCUT2D eigenvalue weighted by Gasteiger charge is -2.24. The predicted molar refractivity (Wildman–Crippen MR) is 64.2 cm³/mol. The molecule has 4 nitrogen and oxygen atoms in total. The SMILES string of the molecule is CSc1nc(Cl)cc(N(CCO)CC(F)(F)F)n1. The fourth-order valence-corrected chi connectivity index (χ4v) is 1.85. The number of nitrogens with zero attached hydrogens (tertiary/aromatic N) is 3. The van der Waals surface area contributed by atoms with Crippen LogP contribution in [0.3, 0.4) is 0 Å². The average molecular weight is 302 g/mol. The first kappa shape index (κ1) is 15.3. The van der Waals surface area contributed by atoms with Gasteiger partial charge in [0.1, 0.15) is 17.5 Å². The van der Waals surface area contributed by atoms with Crippen LogP contribution in [0.1, 0.15) is 0 Å². The normalized spacial score (nSPS) is 11.7. The quantitative estimate of drug-likeness (QED) is 0.513. The van der Waals surface area contributed by atoms with Crippen molar-refractivity contribution in [1.82, 2.24) is 9.97 Å². The Morgan fingerprint density at radius 3 is 2.61 bits per heavy atom. The van der Waals surface area contributed by atoms with Gasteiger partial charge in [0.15, 0.2) is 5.16 Å². The van der Waals surface area contributed by atoms with Crippen molar-refractivity contribution in [3.8, 4) is 0 Å². The summed E-state index contributed by atoms with van der Waals surface area (Å²) in [4.78, 5) is 8.69. The Bertz CT molecular complexity index is 405.